The molecule has 1 N–H and O–H groups in total. The molecule has 2 aromatic rings. The van der Waals surface area contributed by atoms with Crippen LogP contribution in [0.5, 0.6) is 0 Å². The molecule has 1 aromatic heterocycles. The van der Waals surface area contributed by atoms with E-state index in [0.717, 1.165) is 17.9 Å². The second kappa shape index (κ2) is 6.32. The van der Waals surface area contributed by atoms with Gasteiger partial charge in [-0.1, -0.05) is 12.1 Å². The van der Waals surface area contributed by atoms with E-state index in [9.17, 15) is 4.79 Å². The average molecular weight is 303 g/mol. The molecule has 0 spiro atoms. The Morgan fingerprint density at radius 3 is 2.95 bits per heavy atom. The highest BCUT2D eigenvalue weighted by Crippen LogP contribution is 2.15. The van der Waals surface area contributed by atoms with E-state index in [-0.39, 0.29) is 5.91 Å². The molecule has 6 heteroatoms. The fourth-order valence-corrected chi connectivity index (χ4v) is 2.62. The van der Waals surface area contributed by atoms with Crippen LogP contribution in [0.4, 0.5) is 0 Å². The highest BCUT2D eigenvalue weighted by atomic mass is 32.2. The van der Waals surface area contributed by atoms with E-state index in [1.54, 1.807) is 18.0 Å². The van der Waals surface area contributed by atoms with Gasteiger partial charge in [-0.3, -0.25) is 4.79 Å². The largest absolute Gasteiger partial charge is 0.372 e. The first-order chi connectivity index (χ1) is 10.3. The summed E-state index contributed by atoms with van der Waals surface area (Å²) in [6.45, 7) is 2.41. The van der Waals surface area contributed by atoms with E-state index < -0.39 is 0 Å². The SMILES string of the molecule is CSc1ccc(CNC(=O)c2cn3c(n2)COCC3)cc1. The van der Waals surface area contributed by atoms with Gasteiger partial charge in [0.05, 0.1) is 6.61 Å². The summed E-state index contributed by atoms with van der Waals surface area (Å²) in [4.78, 5) is 17.7. The minimum Gasteiger partial charge on any atom is -0.372 e. The van der Waals surface area contributed by atoms with Crippen molar-refractivity contribution in [3.63, 3.8) is 0 Å². The molecule has 1 aliphatic rings. The molecule has 1 amide bonds. The maximum absolute atomic E-state index is 12.1. The number of nitrogens with one attached hydrogen (secondary N) is 1. The van der Waals surface area contributed by atoms with Crippen LogP contribution in [-0.4, -0.2) is 28.3 Å². The summed E-state index contributed by atoms with van der Waals surface area (Å²) < 4.78 is 7.30. The molecule has 1 aromatic carbocycles. The van der Waals surface area contributed by atoms with Gasteiger partial charge < -0.3 is 14.6 Å². The van der Waals surface area contributed by atoms with Crippen molar-refractivity contribution in [2.45, 2.75) is 24.6 Å². The zero-order chi connectivity index (χ0) is 14.7. The number of nitrogens with zero attached hydrogens (tertiary/aromatic N) is 2. The molecule has 0 radical (unpaired) electrons. The minimum absolute atomic E-state index is 0.147. The first-order valence-corrected chi connectivity index (χ1v) is 8.03. The quantitative estimate of drug-likeness (QED) is 0.879. The summed E-state index contributed by atoms with van der Waals surface area (Å²) in [5.41, 5.74) is 1.53. The zero-order valence-electron chi connectivity index (χ0n) is 11.8. The fraction of sp³-hybridized carbons (Fsp3) is 0.333. The molecule has 5 nitrogen and oxygen atoms in total. The van der Waals surface area contributed by atoms with Crippen molar-refractivity contribution in [3.8, 4) is 0 Å². The lowest BCUT2D eigenvalue weighted by Gasteiger charge is -2.13. The lowest BCUT2D eigenvalue weighted by molar-refractivity contribution is 0.0816. The maximum Gasteiger partial charge on any atom is 0.271 e. The van der Waals surface area contributed by atoms with Gasteiger partial charge in [0.2, 0.25) is 0 Å². The Hall–Kier alpha value is -1.79. The van der Waals surface area contributed by atoms with Crippen LogP contribution in [0.2, 0.25) is 0 Å². The second-order valence-electron chi connectivity index (χ2n) is 4.82. The highest BCUT2D eigenvalue weighted by Gasteiger charge is 2.16. The minimum atomic E-state index is -0.147. The first kappa shape index (κ1) is 14.2. The first-order valence-electron chi connectivity index (χ1n) is 6.81. The van der Waals surface area contributed by atoms with Crippen LogP contribution in [0.3, 0.4) is 0 Å². The number of carbonyl (C=O) groups excluding carboxylic acids is 1. The number of hydrogen-bond acceptors (Lipinski definition) is 4. The Morgan fingerprint density at radius 1 is 1.43 bits per heavy atom. The number of carbonyl (C=O) groups is 1. The molecule has 21 heavy (non-hydrogen) atoms. The standard InChI is InChI=1S/C15H17N3O2S/c1-21-12-4-2-11(3-5-12)8-16-15(19)13-9-18-6-7-20-10-14(18)17-13/h2-5,9H,6-8,10H2,1H3,(H,16,19). The molecular weight excluding hydrogens is 286 g/mol. The number of fused-ring (bicyclic) bond motifs is 1. The van der Waals surface area contributed by atoms with Gasteiger partial charge in [-0.05, 0) is 24.0 Å². The van der Waals surface area contributed by atoms with Gasteiger partial charge in [0.1, 0.15) is 18.1 Å². The van der Waals surface area contributed by atoms with Crippen LogP contribution in [0.25, 0.3) is 0 Å². The van der Waals surface area contributed by atoms with Gasteiger partial charge in [-0.15, -0.1) is 11.8 Å². The van der Waals surface area contributed by atoms with Gasteiger partial charge in [-0.2, -0.15) is 0 Å². The van der Waals surface area contributed by atoms with Crippen molar-refractivity contribution in [2.24, 2.45) is 0 Å². The Kier molecular flexibility index (Phi) is 4.26. The Bertz CT molecular complexity index is 613. The van der Waals surface area contributed by atoms with Crippen LogP contribution in [0.1, 0.15) is 21.9 Å². The molecule has 0 atom stereocenters. The lowest BCUT2D eigenvalue weighted by atomic mass is 10.2. The smallest absolute Gasteiger partial charge is 0.271 e. The molecule has 110 valence electrons. The molecule has 0 fully saturated rings. The maximum atomic E-state index is 12.1. The molecule has 1 aliphatic heterocycles. The number of aromatic nitrogens is 2. The number of ether oxygens (including phenoxy) is 1. The Labute approximate surface area is 127 Å². The van der Waals surface area contributed by atoms with Crippen LogP contribution in [-0.2, 0) is 24.4 Å². The normalized spacial score (nSPS) is 13.8. The summed E-state index contributed by atoms with van der Waals surface area (Å²) in [5, 5.41) is 2.90. The van der Waals surface area contributed by atoms with Gasteiger partial charge in [0, 0.05) is 24.2 Å². The van der Waals surface area contributed by atoms with Crippen molar-refractivity contribution in [1.29, 1.82) is 0 Å². The van der Waals surface area contributed by atoms with Gasteiger partial charge in [-0.25, -0.2) is 4.98 Å². The highest BCUT2D eigenvalue weighted by molar-refractivity contribution is 7.98. The van der Waals surface area contributed by atoms with Crippen molar-refractivity contribution in [2.75, 3.05) is 12.9 Å². The Balaban J connectivity index is 1.61. The van der Waals surface area contributed by atoms with Gasteiger partial charge in [0.15, 0.2) is 0 Å². The number of hydrogen-bond donors (Lipinski definition) is 1. The van der Waals surface area contributed by atoms with Crippen molar-refractivity contribution in [3.05, 3.63) is 47.5 Å². The molecule has 0 saturated carbocycles. The number of rotatable bonds is 4. The molecule has 0 unspecified atom stereocenters. The molecule has 0 saturated heterocycles. The predicted octanol–water partition coefficient (Wildman–Crippen LogP) is 2.07. The van der Waals surface area contributed by atoms with Crippen LogP contribution in [0, 0.1) is 0 Å². The lowest BCUT2D eigenvalue weighted by Crippen LogP contribution is -2.23. The average Bonchev–Trinajstić information content (AvgIpc) is 2.97. The molecule has 3 rings (SSSR count). The molecule has 2 heterocycles. The van der Waals surface area contributed by atoms with Crippen molar-refractivity contribution < 1.29 is 9.53 Å². The third-order valence-corrected chi connectivity index (χ3v) is 4.16. The van der Waals surface area contributed by atoms with Crippen molar-refractivity contribution in [1.82, 2.24) is 14.9 Å². The van der Waals surface area contributed by atoms with E-state index >= 15 is 0 Å². The van der Waals surface area contributed by atoms with Gasteiger partial charge >= 0.3 is 0 Å². The number of benzene rings is 1. The Morgan fingerprint density at radius 2 is 2.24 bits per heavy atom. The molecule has 0 aliphatic carbocycles. The zero-order valence-corrected chi connectivity index (χ0v) is 12.7. The molecule has 0 bridgehead atoms. The van der Waals surface area contributed by atoms with E-state index in [1.807, 2.05) is 23.0 Å². The van der Waals surface area contributed by atoms with Crippen LogP contribution in [0.15, 0.2) is 35.4 Å². The summed E-state index contributed by atoms with van der Waals surface area (Å²) in [6.07, 6.45) is 3.84. The third-order valence-electron chi connectivity index (χ3n) is 3.41. The van der Waals surface area contributed by atoms with E-state index in [4.69, 9.17) is 4.74 Å². The number of thioether (sulfide) groups is 1. The predicted molar refractivity (Wildman–Crippen MR) is 81.3 cm³/mol. The number of amides is 1. The van der Waals surface area contributed by atoms with Crippen LogP contribution < -0.4 is 5.32 Å². The summed E-state index contributed by atoms with van der Waals surface area (Å²) in [7, 11) is 0. The number of imidazole rings is 1. The van der Waals surface area contributed by atoms with Gasteiger partial charge in [0.25, 0.3) is 5.91 Å². The second-order valence-corrected chi connectivity index (χ2v) is 5.70. The van der Waals surface area contributed by atoms with Crippen LogP contribution >= 0.6 is 11.8 Å². The summed E-state index contributed by atoms with van der Waals surface area (Å²) in [5.74, 6) is 0.668. The van der Waals surface area contributed by atoms with E-state index in [2.05, 4.69) is 22.4 Å². The van der Waals surface area contributed by atoms with Crippen molar-refractivity contribution >= 4 is 17.7 Å². The third kappa shape index (κ3) is 3.28. The summed E-state index contributed by atoms with van der Waals surface area (Å²) in [6, 6.07) is 8.16. The topological polar surface area (TPSA) is 56.2 Å². The summed E-state index contributed by atoms with van der Waals surface area (Å²) >= 11 is 1.70. The molecular formula is C15H17N3O2S. The monoisotopic (exact) mass is 303 g/mol. The fourth-order valence-electron chi connectivity index (χ4n) is 2.22. The van der Waals surface area contributed by atoms with E-state index in [1.165, 1.54) is 4.90 Å². The van der Waals surface area contributed by atoms with E-state index in [0.29, 0.717) is 25.5 Å².